The zero-order valence-corrected chi connectivity index (χ0v) is 39.1. The van der Waals surface area contributed by atoms with Crippen LogP contribution in [0.5, 0.6) is 0 Å². The number of esters is 2. The van der Waals surface area contributed by atoms with Gasteiger partial charge in [-0.25, -0.2) is 0 Å². The van der Waals surface area contributed by atoms with Crippen molar-refractivity contribution in [1.82, 2.24) is 0 Å². The summed E-state index contributed by atoms with van der Waals surface area (Å²) < 4.78 is 17.4. The second-order valence-electron chi connectivity index (χ2n) is 17.1. The zero-order valence-electron chi connectivity index (χ0n) is 39.1. The highest BCUT2D eigenvalue weighted by Gasteiger charge is 2.17. The Labute approximate surface area is 361 Å². The summed E-state index contributed by atoms with van der Waals surface area (Å²) >= 11 is 0. The summed E-state index contributed by atoms with van der Waals surface area (Å²) in [5, 5.41) is 0. The minimum atomic E-state index is -0.533. The summed E-state index contributed by atoms with van der Waals surface area (Å²) in [7, 11) is 0. The van der Waals surface area contributed by atoms with Crippen LogP contribution in [0.4, 0.5) is 0 Å². The molecule has 0 heterocycles. The van der Waals surface area contributed by atoms with E-state index in [1.54, 1.807) is 0 Å². The van der Waals surface area contributed by atoms with Gasteiger partial charge in [0.2, 0.25) is 0 Å². The Morgan fingerprint density at radius 3 is 1.19 bits per heavy atom. The molecule has 0 aromatic carbocycles. The summed E-state index contributed by atoms with van der Waals surface area (Å²) in [5.41, 5.74) is 0. The smallest absolute Gasteiger partial charge is 0.306 e. The minimum Gasteiger partial charge on any atom is -0.462 e. The van der Waals surface area contributed by atoms with Crippen molar-refractivity contribution < 1.29 is 23.8 Å². The topological polar surface area (TPSA) is 61.8 Å². The molecule has 0 radical (unpaired) electrons. The third-order valence-corrected chi connectivity index (χ3v) is 11.2. The maximum absolute atomic E-state index is 12.8. The Morgan fingerprint density at radius 1 is 0.379 bits per heavy atom. The minimum absolute atomic E-state index is 0.0840. The summed E-state index contributed by atoms with van der Waals surface area (Å²) in [5.74, 6) is -0.398. The molecule has 0 bridgehead atoms. The summed E-state index contributed by atoms with van der Waals surface area (Å²) in [6.07, 6.45) is 58.6. The Hall–Kier alpha value is -1.88. The van der Waals surface area contributed by atoms with Gasteiger partial charge in [-0.05, 0) is 57.8 Å². The summed E-state index contributed by atoms with van der Waals surface area (Å²) in [6.45, 7) is 7.82. The van der Waals surface area contributed by atoms with Crippen molar-refractivity contribution in [2.24, 2.45) is 0 Å². The van der Waals surface area contributed by atoms with E-state index in [0.29, 0.717) is 19.4 Å². The van der Waals surface area contributed by atoms with Crippen molar-refractivity contribution in [3.8, 4) is 0 Å². The molecule has 0 spiro atoms. The molecule has 0 aliphatic carbocycles. The molecule has 58 heavy (non-hydrogen) atoms. The van der Waals surface area contributed by atoms with Gasteiger partial charge in [0.1, 0.15) is 6.61 Å². The third-order valence-electron chi connectivity index (χ3n) is 11.2. The van der Waals surface area contributed by atoms with Gasteiger partial charge in [-0.1, -0.05) is 231 Å². The van der Waals surface area contributed by atoms with Crippen LogP contribution in [-0.4, -0.2) is 37.9 Å². The normalized spacial score (nSPS) is 12.4. The molecule has 1 atom stereocenters. The van der Waals surface area contributed by atoms with Crippen LogP contribution < -0.4 is 0 Å². The second kappa shape index (κ2) is 49.5. The van der Waals surface area contributed by atoms with E-state index in [-0.39, 0.29) is 25.2 Å². The first-order chi connectivity index (χ1) is 28.6. The van der Waals surface area contributed by atoms with Crippen LogP contribution in [0.15, 0.2) is 36.5 Å². The van der Waals surface area contributed by atoms with Crippen LogP contribution in [-0.2, 0) is 23.8 Å². The predicted octanol–water partition coefficient (Wildman–Crippen LogP) is 17.0. The van der Waals surface area contributed by atoms with Gasteiger partial charge < -0.3 is 14.2 Å². The van der Waals surface area contributed by atoms with Crippen molar-refractivity contribution in [2.45, 2.75) is 271 Å². The summed E-state index contributed by atoms with van der Waals surface area (Å²) in [4.78, 5) is 25.3. The molecule has 5 heteroatoms. The number of hydrogen-bond acceptors (Lipinski definition) is 5. The molecule has 0 amide bonds. The predicted molar refractivity (Wildman–Crippen MR) is 252 cm³/mol. The van der Waals surface area contributed by atoms with E-state index in [0.717, 1.165) is 57.8 Å². The molecule has 0 saturated heterocycles. The highest BCUT2D eigenvalue weighted by atomic mass is 16.6. The lowest BCUT2D eigenvalue weighted by molar-refractivity contribution is -0.163. The molecule has 0 fully saturated rings. The van der Waals surface area contributed by atoms with Gasteiger partial charge in [0.25, 0.3) is 0 Å². The third kappa shape index (κ3) is 46.8. The van der Waals surface area contributed by atoms with Crippen LogP contribution in [0.25, 0.3) is 0 Å². The Kier molecular flexibility index (Phi) is 47.9. The number of allylic oxidation sites excluding steroid dienone is 6. The van der Waals surface area contributed by atoms with Crippen molar-refractivity contribution in [3.05, 3.63) is 36.5 Å². The quantitative estimate of drug-likeness (QED) is 0.0348. The summed E-state index contributed by atoms with van der Waals surface area (Å²) in [6, 6.07) is 0. The lowest BCUT2D eigenvalue weighted by Crippen LogP contribution is -2.30. The second-order valence-corrected chi connectivity index (χ2v) is 17.1. The zero-order chi connectivity index (χ0) is 42.1. The maximum Gasteiger partial charge on any atom is 0.306 e. The number of carbonyl (C=O) groups excluding carboxylic acids is 2. The van der Waals surface area contributed by atoms with Crippen LogP contribution in [0.2, 0.25) is 0 Å². The van der Waals surface area contributed by atoms with E-state index >= 15 is 0 Å². The molecule has 0 aromatic heterocycles. The van der Waals surface area contributed by atoms with E-state index in [9.17, 15) is 9.59 Å². The number of carbonyl (C=O) groups is 2. The molecule has 1 unspecified atom stereocenters. The molecule has 0 aromatic rings. The van der Waals surface area contributed by atoms with E-state index in [1.165, 1.54) is 173 Å². The van der Waals surface area contributed by atoms with Gasteiger partial charge >= 0.3 is 11.9 Å². The van der Waals surface area contributed by atoms with Crippen molar-refractivity contribution in [3.63, 3.8) is 0 Å². The van der Waals surface area contributed by atoms with E-state index in [4.69, 9.17) is 14.2 Å². The molecule has 0 aliphatic rings. The number of unbranched alkanes of at least 4 members (excludes halogenated alkanes) is 30. The molecular formula is C53H98O5. The number of hydrogen-bond donors (Lipinski definition) is 0. The molecule has 340 valence electrons. The van der Waals surface area contributed by atoms with Gasteiger partial charge in [-0.2, -0.15) is 0 Å². The fourth-order valence-corrected chi connectivity index (χ4v) is 7.34. The largest absolute Gasteiger partial charge is 0.462 e. The monoisotopic (exact) mass is 815 g/mol. The van der Waals surface area contributed by atoms with Gasteiger partial charge in [-0.3, -0.25) is 9.59 Å². The molecule has 0 N–H and O–H groups in total. The average Bonchev–Trinajstić information content (AvgIpc) is 3.22. The maximum atomic E-state index is 12.8. The van der Waals surface area contributed by atoms with Crippen molar-refractivity contribution in [1.29, 1.82) is 0 Å². The lowest BCUT2D eigenvalue weighted by Gasteiger charge is -2.18. The molecule has 0 aliphatic heterocycles. The fourth-order valence-electron chi connectivity index (χ4n) is 7.34. The fraction of sp³-hybridized carbons (Fsp3) is 0.849. The van der Waals surface area contributed by atoms with E-state index in [2.05, 4.69) is 57.2 Å². The molecule has 0 rings (SSSR count). The highest BCUT2D eigenvalue weighted by molar-refractivity contribution is 5.70. The average molecular weight is 815 g/mol. The van der Waals surface area contributed by atoms with Gasteiger partial charge in [0, 0.05) is 19.4 Å². The van der Waals surface area contributed by atoms with Gasteiger partial charge in [0.05, 0.1) is 6.61 Å². The van der Waals surface area contributed by atoms with Crippen LogP contribution >= 0.6 is 0 Å². The number of rotatable bonds is 47. The first-order valence-corrected chi connectivity index (χ1v) is 25.5. The van der Waals surface area contributed by atoms with Gasteiger partial charge in [0.15, 0.2) is 6.10 Å². The molecule has 5 nitrogen and oxygen atoms in total. The first kappa shape index (κ1) is 56.1. The Morgan fingerprint density at radius 2 is 0.724 bits per heavy atom. The van der Waals surface area contributed by atoms with Crippen molar-refractivity contribution in [2.75, 3.05) is 19.8 Å². The lowest BCUT2D eigenvalue weighted by atomic mass is 10.0. The Balaban J connectivity index is 4.20. The van der Waals surface area contributed by atoms with Gasteiger partial charge in [-0.15, -0.1) is 0 Å². The van der Waals surface area contributed by atoms with E-state index in [1.807, 2.05) is 0 Å². The standard InChI is InChI=1S/C53H98O5/c1-4-7-10-13-16-19-22-24-25-26-27-28-29-31-32-34-37-40-43-46-52(54)57-50-51(49-56-48-45-42-39-36-21-18-15-12-9-6-3)58-53(55)47-44-41-38-35-33-30-23-20-17-14-11-8-5-2/h16,19,24-25,27-28,51H,4-15,17-18,20-23,26,29-50H2,1-3H3/b19-16-,25-24-,28-27-. The van der Waals surface area contributed by atoms with Crippen LogP contribution in [0, 0.1) is 0 Å². The van der Waals surface area contributed by atoms with Crippen LogP contribution in [0.1, 0.15) is 265 Å². The highest BCUT2D eigenvalue weighted by Crippen LogP contribution is 2.15. The van der Waals surface area contributed by atoms with E-state index < -0.39 is 6.10 Å². The molecular weight excluding hydrogens is 717 g/mol. The first-order valence-electron chi connectivity index (χ1n) is 25.5. The Bertz CT molecular complexity index is 924. The number of ether oxygens (including phenoxy) is 3. The molecule has 0 saturated carbocycles. The van der Waals surface area contributed by atoms with Crippen molar-refractivity contribution >= 4 is 11.9 Å². The van der Waals surface area contributed by atoms with Crippen LogP contribution in [0.3, 0.4) is 0 Å². The SMILES string of the molecule is CCCCC/C=C\C/C=C\C/C=C\CCCCCCCCC(=O)OCC(COCCCCCCCCCCCC)OC(=O)CCCCCCCCCCCCCCC.